The number of hydrogen-bond acceptors (Lipinski definition) is 6. The molecule has 2 amide bonds. The highest BCUT2D eigenvalue weighted by molar-refractivity contribution is 6.02. The molecule has 1 N–H and O–H groups in total. The molecule has 0 saturated carbocycles. The molecule has 0 bridgehead atoms. The molecule has 3 aromatic carbocycles. The number of benzene rings is 3. The number of nitrogens with zero attached hydrogens (tertiary/aromatic N) is 1. The van der Waals surface area contributed by atoms with Crippen molar-refractivity contribution in [1.29, 1.82) is 0 Å². The molecule has 0 saturated heterocycles. The number of carbonyl (C=O) groups is 3. The lowest BCUT2D eigenvalue weighted by molar-refractivity contribution is -0.156. The Hall–Kier alpha value is -4.54. The van der Waals surface area contributed by atoms with Crippen LogP contribution in [0.2, 0.25) is 0 Å². The molecule has 4 rings (SSSR count). The van der Waals surface area contributed by atoms with E-state index in [0.29, 0.717) is 29.0 Å². The van der Waals surface area contributed by atoms with Gasteiger partial charge in [-0.1, -0.05) is 42.5 Å². The van der Waals surface area contributed by atoms with Gasteiger partial charge in [0.25, 0.3) is 0 Å². The highest BCUT2D eigenvalue weighted by atomic mass is 19.4. The molecular weight excluding hydrogens is 601 g/mol. The molecule has 46 heavy (non-hydrogen) atoms. The minimum atomic E-state index is -4.55. The Kier molecular flexibility index (Phi) is 10.0. The van der Waals surface area contributed by atoms with Crippen molar-refractivity contribution in [3.63, 3.8) is 0 Å². The summed E-state index contributed by atoms with van der Waals surface area (Å²) in [5.41, 5.74) is -0.103. The lowest BCUT2D eigenvalue weighted by Crippen LogP contribution is -2.50. The monoisotopic (exact) mass is 640 g/mol. The third kappa shape index (κ3) is 9.24. The maximum atomic E-state index is 13.9. The van der Waals surface area contributed by atoms with Gasteiger partial charge in [0.15, 0.2) is 0 Å². The van der Waals surface area contributed by atoms with Gasteiger partial charge in [-0.05, 0) is 94.5 Å². The highest BCUT2D eigenvalue weighted by Gasteiger charge is 2.36. The first-order valence-corrected chi connectivity index (χ1v) is 14.9. The predicted octanol–water partition coefficient (Wildman–Crippen LogP) is 7.47. The first-order chi connectivity index (χ1) is 21.4. The SMILES string of the molecule is CC(C)(C)OC(=O)C[C@@H](NC(=O)OC(C)(C)C)C(=O)N1CCc2cc(OCc3ccc(-c4ccccc4)c(C(F)(F)F)c3)ccc21. The van der Waals surface area contributed by atoms with Gasteiger partial charge in [0.05, 0.1) is 12.0 Å². The number of ether oxygens (including phenoxy) is 3. The zero-order chi connectivity index (χ0) is 33.9. The molecule has 3 aromatic rings. The molecule has 0 aliphatic carbocycles. The summed E-state index contributed by atoms with van der Waals surface area (Å²) in [5.74, 6) is -0.746. The second-order valence-corrected chi connectivity index (χ2v) is 13.1. The van der Waals surface area contributed by atoms with E-state index in [4.69, 9.17) is 14.2 Å². The van der Waals surface area contributed by atoms with Crippen molar-refractivity contribution in [2.75, 3.05) is 11.4 Å². The Morgan fingerprint density at radius 1 is 0.870 bits per heavy atom. The summed E-state index contributed by atoms with van der Waals surface area (Å²) in [6, 6.07) is 16.3. The van der Waals surface area contributed by atoms with E-state index in [2.05, 4.69) is 5.32 Å². The number of hydrogen-bond donors (Lipinski definition) is 1. The van der Waals surface area contributed by atoms with Crippen molar-refractivity contribution in [1.82, 2.24) is 5.32 Å². The molecule has 0 fully saturated rings. The molecule has 1 atom stereocenters. The summed E-state index contributed by atoms with van der Waals surface area (Å²) >= 11 is 0. The third-order valence-electron chi connectivity index (χ3n) is 6.87. The van der Waals surface area contributed by atoms with Crippen molar-refractivity contribution >= 4 is 23.7 Å². The van der Waals surface area contributed by atoms with Crippen molar-refractivity contribution in [2.45, 2.75) is 84.4 Å². The van der Waals surface area contributed by atoms with Gasteiger partial charge in [0, 0.05) is 12.2 Å². The minimum absolute atomic E-state index is 0.0882. The van der Waals surface area contributed by atoms with E-state index in [1.165, 1.54) is 11.0 Å². The van der Waals surface area contributed by atoms with Gasteiger partial charge >= 0.3 is 18.2 Å². The molecular formula is C35H39F3N2O6. The van der Waals surface area contributed by atoms with Crippen LogP contribution in [-0.4, -0.2) is 41.8 Å². The number of halogens is 3. The van der Waals surface area contributed by atoms with Crippen LogP contribution in [0.5, 0.6) is 5.75 Å². The van der Waals surface area contributed by atoms with Gasteiger partial charge in [0.1, 0.15) is 29.6 Å². The van der Waals surface area contributed by atoms with Crippen LogP contribution in [0.4, 0.5) is 23.7 Å². The molecule has 0 unspecified atom stereocenters. The summed E-state index contributed by atoms with van der Waals surface area (Å²) in [6.07, 6.45) is -5.33. The van der Waals surface area contributed by atoms with E-state index < -0.39 is 53.4 Å². The molecule has 8 nitrogen and oxygen atoms in total. The highest BCUT2D eigenvalue weighted by Crippen LogP contribution is 2.38. The van der Waals surface area contributed by atoms with Crippen molar-refractivity contribution < 1.29 is 41.8 Å². The fourth-order valence-electron chi connectivity index (χ4n) is 5.04. The molecule has 0 radical (unpaired) electrons. The van der Waals surface area contributed by atoms with Crippen LogP contribution in [0.25, 0.3) is 11.1 Å². The zero-order valence-electron chi connectivity index (χ0n) is 26.8. The smallest absolute Gasteiger partial charge is 0.417 e. The van der Waals surface area contributed by atoms with E-state index in [0.717, 1.165) is 11.6 Å². The van der Waals surface area contributed by atoms with Crippen molar-refractivity contribution in [3.8, 4) is 16.9 Å². The van der Waals surface area contributed by atoms with Crippen LogP contribution in [-0.2, 0) is 38.3 Å². The lowest BCUT2D eigenvalue weighted by Gasteiger charge is -2.27. The van der Waals surface area contributed by atoms with Crippen LogP contribution < -0.4 is 15.0 Å². The summed E-state index contributed by atoms with van der Waals surface area (Å²) in [4.78, 5) is 40.4. The van der Waals surface area contributed by atoms with Gasteiger partial charge in [-0.15, -0.1) is 0 Å². The molecule has 11 heteroatoms. The number of amides is 2. The summed E-state index contributed by atoms with van der Waals surface area (Å²) in [7, 11) is 0. The molecule has 1 aliphatic rings. The maximum Gasteiger partial charge on any atom is 0.417 e. The number of rotatable bonds is 8. The quantitative estimate of drug-likeness (QED) is 0.257. The first-order valence-electron chi connectivity index (χ1n) is 14.9. The normalized spacial score (nSPS) is 13.9. The van der Waals surface area contributed by atoms with Gasteiger partial charge in [-0.3, -0.25) is 9.59 Å². The summed E-state index contributed by atoms with van der Waals surface area (Å²) in [6.45, 7) is 10.3. The van der Waals surface area contributed by atoms with Crippen molar-refractivity contribution in [3.05, 3.63) is 83.4 Å². The molecule has 0 aromatic heterocycles. The van der Waals surface area contributed by atoms with Gasteiger partial charge in [-0.25, -0.2) is 4.79 Å². The number of fused-ring (bicyclic) bond motifs is 1. The number of anilines is 1. The Morgan fingerprint density at radius 2 is 1.54 bits per heavy atom. The number of nitrogens with one attached hydrogen (secondary N) is 1. The summed E-state index contributed by atoms with van der Waals surface area (Å²) < 4.78 is 58.4. The fourth-order valence-corrected chi connectivity index (χ4v) is 5.04. The lowest BCUT2D eigenvalue weighted by atomic mass is 9.97. The molecule has 246 valence electrons. The van der Waals surface area contributed by atoms with Crippen molar-refractivity contribution in [2.24, 2.45) is 0 Å². The second-order valence-electron chi connectivity index (χ2n) is 13.1. The predicted molar refractivity (Wildman–Crippen MR) is 167 cm³/mol. The Bertz CT molecular complexity index is 1550. The first kappa shape index (κ1) is 34.3. The van der Waals surface area contributed by atoms with E-state index in [-0.39, 0.29) is 18.7 Å². The van der Waals surface area contributed by atoms with Gasteiger partial charge in [0.2, 0.25) is 5.91 Å². The Labute approximate surface area is 266 Å². The number of esters is 1. The average molecular weight is 641 g/mol. The second kappa shape index (κ2) is 13.4. The van der Waals surface area contributed by atoms with Crippen LogP contribution >= 0.6 is 0 Å². The number of alkyl halides is 3. The fraction of sp³-hybridized carbons (Fsp3) is 0.400. The maximum absolute atomic E-state index is 13.9. The number of carbonyl (C=O) groups excluding carboxylic acids is 3. The minimum Gasteiger partial charge on any atom is -0.489 e. The molecule has 0 spiro atoms. The third-order valence-corrected chi connectivity index (χ3v) is 6.87. The van der Waals surface area contributed by atoms with E-state index in [9.17, 15) is 27.6 Å². The Morgan fingerprint density at radius 3 is 2.17 bits per heavy atom. The average Bonchev–Trinajstić information content (AvgIpc) is 3.36. The standard InChI is InChI=1S/C35H39F3N2O6/c1-33(2,3)45-30(41)20-28(39-32(43)46-34(4,5)6)31(42)40-17-16-24-19-25(13-15-29(24)40)44-21-22-12-14-26(23-10-8-7-9-11-23)27(18-22)35(36,37)38/h7-15,18-19,28H,16-17,20-21H2,1-6H3,(H,39,43)/t28-/m1/s1. The van der Waals surface area contributed by atoms with E-state index in [1.54, 1.807) is 96.1 Å². The summed E-state index contributed by atoms with van der Waals surface area (Å²) in [5, 5.41) is 2.52. The van der Waals surface area contributed by atoms with Gasteiger partial charge < -0.3 is 24.4 Å². The number of alkyl carbamates (subject to hydrolysis) is 1. The van der Waals surface area contributed by atoms with E-state index >= 15 is 0 Å². The Balaban J connectivity index is 1.49. The largest absolute Gasteiger partial charge is 0.489 e. The molecule has 1 aliphatic heterocycles. The van der Waals surface area contributed by atoms with Gasteiger partial charge in [-0.2, -0.15) is 13.2 Å². The zero-order valence-corrected chi connectivity index (χ0v) is 26.8. The molecule has 1 heterocycles. The topological polar surface area (TPSA) is 94.2 Å². The van der Waals surface area contributed by atoms with Crippen LogP contribution in [0, 0.1) is 0 Å². The van der Waals surface area contributed by atoms with Crippen LogP contribution in [0.3, 0.4) is 0 Å². The van der Waals surface area contributed by atoms with Crippen LogP contribution in [0.15, 0.2) is 66.7 Å². The van der Waals surface area contributed by atoms with E-state index in [1.807, 2.05) is 0 Å². The van der Waals surface area contributed by atoms with Crippen LogP contribution in [0.1, 0.15) is 64.7 Å².